The minimum absolute atomic E-state index is 0.0907. The van der Waals surface area contributed by atoms with E-state index >= 15 is 0 Å². The minimum atomic E-state index is -0.0907. The van der Waals surface area contributed by atoms with E-state index in [-0.39, 0.29) is 6.61 Å². The molecule has 0 unspecified atom stereocenters. The molecule has 3 aromatic rings. The lowest BCUT2D eigenvalue weighted by molar-refractivity contribution is 0.274. The summed E-state index contributed by atoms with van der Waals surface area (Å²) < 4.78 is 5.90. The largest absolute Gasteiger partial charge is 0.488 e. The predicted molar refractivity (Wildman–Crippen MR) is 78.4 cm³/mol. The second-order valence-corrected chi connectivity index (χ2v) is 4.56. The van der Waals surface area contributed by atoms with Gasteiger partial charge in [-0.15, -0.1) is 0 Å². The van der Waals surface area contributed by atoms with Crippen molar-refractivity contribution in [2.24, 2.45) is 0 Å². The van der Waals surface area contributed by atoms with Crippen LogP contribution in [-0.2, 0) is 13.2 Å². The van der Waals surface area contributed by atoms with Gasteiger partial charge in [0.2, 0.25) is 0 Å². The van der Waals surface area contributed by atoms with Gasteiger partial charge in [0.15, 0.2) is 0 Å². The van der Waals surface area contributed by atoms with E-state index in [0.717, 1.165) is 22.2 Å². The quantitative estimate of drug-likeness (QED) is 0.787. The fourth-order valence-electron chi connectivity index (χ4n) is 2.13. The van der Waals surface area contributed by atoms with Crippen molar-refractivity contribution in [2.45, 2.75) is 13.2 Å². The number of nitrogens with zero attached hydrogens (tertiary/aromatic N) is 1. The second-order valence-electron chi connectivity index (χ2n) is 4.56. The number of para-hydroxylation sites is 1. The van der Waals surface area contributed by atoms with Gasteiger partial charge < -0.3 is 9.84 Å². The summed E-state index contributed by atoms with van der Waals surface area (Å²) in [6.45, 7) is 0.409. The number of aliphatic hydroxyl groups excluding tert-OH is 1. The van der Waals surface area contributed by atoms with Gasteiger partial charge >= 0.3 is 0 Å². The third-order valence-electron chi connectivity index (χ3n) is 3.13. The van der Waals surface area contributed by atoms with Gasteiger partial charge in [0.1, 0.15) is 12.4 Å². The number of hydrogen-bond donors (Lipinski definition) is 1. The Morgan fingerprint density at radius 1 is 0.950 bits per heavy atom. The fourth-order valence-corrected chi connectivity index (χ4v) is 2.13. The Labute approximate surface area is 117 Å². The average molecular weight is 265 g/mol. The van der Waals surface area contributed by atoms with Crippen LogP contribution in [0.1, 0.15) is 11.3 Å². The Balaban J connectivity index is 1.93. The van der Waals surface area contributed by atoms with Crippen molar-refractivity contribution < 1.29 is 9.84 Å². The van der Waals surface area contributed by atoms with Crippen LogP contribution in [-0.4, -0.2) is 10.1 Å². The third kappa shape index (κ3) is 2.63. The number of pyridine rings is 1. The van der Waals surface area contributed by atoms with Crippen LogP contribution in [0.3, 0.4) is 0 Å². The zero-order chi connectivity index (χ0) is 13.8. The lowest BCUT2D eigenvalue weighted by Crippen LogP contribution is -1.98. The van der Waals surface area contributed by atoms with Crippen LogP contribution < -0.4 is 4.74 Å². The summed E-state index contributed by atoms with van der Waals surface area (Å²) >= 11 is 0. The van der Waals surface area contributed by atoms with E-state index < -0.39 is 0 Å². The monoisotopic (exact) mass is 265 g/mol. The summed E-state index contributed by atoms with van der Waals surface area (Å²) in [4.78, 5) is 4.38. The van der Waals surface area contributed by atoms with Crippen molar-refractivity contribution >= 4 is 10.9 Å². The molecule has 0 aliphatic rings. The Bertz CT molecular complexity index is 711. The summed E-state index contributed by atoms with van der Waals surface area (Å²) in [6.07, 6.45) is 0. The first-order valence-electron chi connectivity index (χ1n) is 6.53. The molecule has 3 rings (SSSR count). The highest BCUT2D eigenvalue weighted by Gasteiger charge is 2.06. The number of benzene rings is 2. The SMILES string of the molecule is OCc1cc(OCc2ccccc2)c2ccccc2n1. The van der Waals surface area contributed by atoms with E-state index in [1.54, 1.807) is 6.07 Å². The lowest BCUT2D eigenvalue weighted by atomic mass is 10.2. The van der Waals surface area contributed by atoms with E-state index in [9.17, 15) is 5.11 Å². The Morgan fingerprint density at radius 3 is 2.50 bits per heavy atom. The third-order valence-corrected chi connectivity index (χ3v) is 3.13. The summed E-state index contributed by atoms with van der Waals surface area (Å²) in [5, 5.41) is 10.2. The van der Waals surface area contributed by atoms with Crippen molar-refractivity contribution in [1.82, 2.24) is 4.98 Å². The maximum absolute atomic E-state index is 9.29. The molecule has 3 nitrogen and oxygen atoms in total. The molecule has 0 radical (unpaired) electrons. The number of aliphatic hydroxyl groups is 1. The lowest BCUT2D eigenvalue weighted by Gasteiger charge is -2.10. The highest BCUT2D eigenvalue weighted by molar-refractivity contribution is 5.85. The zero-order valence-corrected chi connectivity index (χ0v) is 11.0. The van der Waals surface area contributed by atoms with Gasteiger partial charge in [-0.05, 0) is 17.7 Å². The summed E-state index contributed by atoms with van der Waals surface area (Å²) in [6, 6.07) is 19.6. The summed E-state index contributed by atoms with van der Waals surface area (Å²) in [5.74, 6) is 0.753. The number of rotatable bonds is 4. The molecule has 3 heteroatoms. The van der Waals surface area contributed by atoms with E-state index in [1.807, 2.05) is 54.6 Å². The van der Waals surface area contributed by atoms with Crippen molar-refractivity contribution in [3.63, 3.8) is 0 Å². The number of aromatic nitrogens is 1. The van der Waals surface area contributed by atoms with Crippen molar-refractivity contribution in [2.75, 3.05) is 0 Å². The maximum atomic E-state index is 9.29. The van der Waals surface area contributed by atoms with E-state index in [2.05, 4.69) is 4.98 Å². The molecule has 0 aliphatic heterocycles. The number of ether oxygens (including phenoxy) is 1. The average Bonchev–Trinajstić information content (AvgIpc) is 2.53. The molecule has 0 aliphatic carbocycles. The Morgan fingerprint density at radius 2 is 1.70 bits per heavy atom. The van der Waals surface area contributed by atoms with Crippen LogP contribution in [0.5, 0.6) is 5.75 Å². The van der Waals surface area contributed by atoms with Gasteiger partial charge in [0.25, 0.3) is 0 Å². The fraction of sp³-hybridized carbons (Fsp3) is 0.118. The summed E-state index contributed by atoms with van der Waals surface area (Å²) in [5.41, 5.74) is 2.56. The standard InChI is InChI=1S/C17H15NO2/c19-11-14-10-17(15-8-4-5-9-16(15)18-14)20-12-13-6-2-1-3-7-13/h1-10,19H,11-12H2. The molecule has 0 spiro atoms. The first-order valence-corrected chi connectivity index (χ1v) is 6.53. The van der Waals surface area contributed by atoms with Gasteiger partial charge in [-0.25, -0.2) is 0 Å². The normalized spacial score (nSPS) is 10.7. The minimum Gasteiger partial charge on any atom is -0.488 e. The topological polar surface area (TPSA) is 42.4 Å². The van der Waals surface area contributed by atoms with Gasteiger partial charge in [0, 0.05) is 11.5 Å². The molecular weight excluding hydrogens is 250 g/mol. The number of hydrogen-bond acceptors (Lipinski definition) is 3. The van der Waals surface area contributed by atoms with Crippen LogP contribution in [0.2, 0.25) is 0 Å². The molecule has 1 aromatic heterocycles. The molecule has 0 atom stereocenters. The van der Waals surface area contributed by atoms with E-state index in [0.29, 0.717) is 12.3 Å². The van der Waals surface area contributed by atoms with Crippen LogP contribution in [0, 0.1) is 0 Å². The first-order chi connectivity index (χ1) is 9.86. The second kappa shape index (κ2) is 5.72. The molecule has 0 fully saturated rings. The van der Waals surface area contributed by atoms with Gasteiger partial charge in [-0.3, -0.25) is 4.98 Å². The van der Waals surface area contributed by atoms with Gasteiger partial charge in [-0.2, -0.15) is 0 Å². The zero-order valence-electron chi connectivity index (χ0n) is 11.0. The highest BCUT2D eigenvalue weighted by atomic mass is 16.5. The molecular formula is C17H15NO2. The predicted octanol–water partition coefficient (Wildman–Crippen LogP) is 3.31. The van der Waals surface area contributed by atoms with Crippen molar-refractivity contribution in [1.29, 1.82) is 0 Å². The molecule has 2 aromatic carbocycles. The van der Waals surface area contributed by atoms with Crippen molar-refractivity contribution in [3.8, 4) is 5.75 Å². The van der Waals surface area contributed by atoms with E-state index in [1.165, 1.54) is 0 Å². The molecule has 1 heterocycles. The van der Waals surface area contributed by atoms with Gasteiger partial charge in [0.05, 0.1) is 17.8 Å². The maximum Gasteiger partial charge on any atom is 0.131 e. The molecule has 20 heavy (non-hydrogen) atoms. The van der Waals surface area contributed by atoms with Crippen molar-refractivity contribution in [3.05, 3.63) is 71.9 Å². The molecule has 0 saturated heterocycles. The molecule has 100 valence electrons. The Hall–Kier alpha value is -2.39. The molecule has 1 N–H and O–H groups in total. The van der Waals surface area contributed by atoms with Crippen LogP contribution in [0.4, 0.5) is 0 Å². The first kappa shape index (κ1) is 12.6. The highest BCUT2D eigenvalue weighted by Crippen LogP contribution is 2.26. The van der Waals surface area contributed by atoms with Gasteiger partial charge in [-0.1, -0.05) is 42.5 Å². The van der Waals surface area contributed by atoms with Crippen LogP contribution in [0.25, 0.3) is 10.9 Å². The molecule has 0 bridgehead atoms. The summed E-state index contributed by atoms with van der Waals surface area (Å²) in [7, 11) is 0. The Kier molecular flexibility index (Phi) is 3.61. The molecule has 0 saturated carbocycles. The molecule has 0 amide bonds. The van der Waals surface area contributed by atoms with E-state index in [4.69, 9.17) is 4.74 Å². The van der Waals surface area contributed by atoms with Crippen LogP contribution >= 0.6 is 0 Å². The number of fused-ring (bicyclic) bond motifs is 1. The van der Waals surface area contributed by atoms with Crippen LogP contribution in [0.15, 0.2) is 60.7 Å². The smallest absolute Gasteiger partial charge is 0.131 e.